The third-order valence-corrected chi connectivity index (χ3v) is 7.60. The first-order chi connectivity index (χ1) is 18.0. The maximum atomic E-state index is 13.0. The van der Waals surface area contributed by atoms with Crippen molar-refractivity contribution in [1.82, 2.24) is 9.47 Å². The van der Waals surface area contributed by atoms with E-state index in [2.05, 4.69) is 5.32 Å². The number of rotatable bonds is 8. The average Bonchev–Trinajstić information content (AvgIpc) is 3.50. The molecule has 0 aliphatic carbocycles. The Balaban J connectivity index is 1.14. The monoisotopic (exact) mass is 519 g/mol. The summed E-state index contributed by atoms with van der Waals surface area (Å²) in [5, 5.41) is 14.1. The number of para-hydroxylation sites is 1. The number of carbonyl (C=O) groups excluding carboxylic acids is 1. The van der Waals surface area contributed by atoms with Crippen LogP contribution in [0, 0.1) is 5.92 Å². The van der Waals surface area contributed by atoms with E-state index in [1.807, 2.05) is 77.7 Å². The highest BCUT2D eigenvalue weighted by Crippen LogP contribution is 2.26. The molecule has 2 aromatic heterocycles. The first-order valence-electron chi connectivity index (χ1n) is 12.2. The number of likely N-dealkylation sites (tertiary alicyclic amines) is 1. The van der Waals surface area contributed by atoms with E-state index in [1.54, 1.807) is 11.3 Å². The molecule has 1 aliphatic heterocycles. The van der Waals surface area contributed by atoms with E-state index in [1.165, 1.54) is 4.90 Å². The fourth-order valence-electron chi connectivity index (χ4n) is 4.52. The van der Waals surface area contributed by atoms with Gasteiger partial charge in [0, 0.05) is 31.4 Å². The molecule has 0 radical (unpaired) electrons. The van der Waals surface area contributed by atoms with Gasteiger partial charge < -0.3 is 29.4 Å². The quantitative estimate of drug-likeness (QED) is 0.305. The Kier molecular flexibility index (Phi) is 7.32. The number of anilines is 1. The minimum atomic E-state index is -0.851. The number of fused-ring (bicyclic) bond motifs is 1. The molecule has 0 unspecified atom stereocenters. The summed E-state index contributed by atoms with van der Waals surface area (Å²) in [5.74, 6) is 1.65. The van der Waals surface area contributed by atoms with Gasteiger partial charge in [0.1, 0.15) is 23.8 Å². The number of benzene rings is 2. The van der Waals surface area contributed by atoms with Crippen molar-refractivity contribution in [2.45, 2.75) is 19.4 Å². The lowest BCUT2D eigenvalue weighted by atomic mass is 9.98. The predicted octanol–water partition coefficient (Wildman–Crippen LogP) is 5.84. The molecule has 1 aliphatic rings. The highest BCUT2D eigenvalue weighted by molar-refractivity contribution is 7.17. The maximum Gasteiger partial charge on any atom is 0.407 e. The molecule has 2 amide bonds. The Morgan fingerprint density at radius 1 is 1.03 bits per heavy atom. The van der Waals surface area contributed by atoms with Crippen LogP contribution in [0.4, 0.5) is 10.5 Å². The number of carboxylic acid groups (broad SMARTS) is 1. The molecule has 2 aromatic carbocycles. The maximum absolute atomic E-state index is 13.0. The highest BCUT2D eigenvalue weighted by Gasteiger charge is 2.22. The minimum Gasteiger partial charge on any atom is -0.493 e. The Morgan fingerprint density at radius 3 is 2.43 bits per heavy atom. The number of hydrogen-bond acceptors (Lipinski definition) is 5. The lowest BCUT2D eigenvalue weighted by Crippen LogP contribution is -2.38. The second-order valence-corrected chi connectivity index (χ2v) is 10.1. The predicted molar refractivity (Wildman–Crippen MR) is 144 cm³/mol. The molecule has 1 saturated heterocycles. The van der Waals surface area contributed by atoms with Crippen LogP contribution >= 0.6 is 11.3 Å². The zero-order chi connectivity index (χ0) is 25.8. The van der Waals surface area contributed by atoms with Gasteiger partial charge in [-0.25, -0.2) is 4.79 Å². The molecule has 37 heavy (non-hydrogen) atoms. The van der Waals surface area contributed by atoms with Crippen molar-refractivity contribution in [3.05, 3.63) is 77.3 Å². The number of piperidine rings is 1. The van der Waals surface area contributed by atoms with Crippen molar-refractivity contribution >= 4 is 39.2 Å². The van der Waals surface area contributed by atoms with Gasteiger partial charge in [-0.05, 0) is 66.6 Å². The summed E-state index contributed by atoms with van der Waals surface area (Å²) in [5.41, 5.74) is 3.24. The van der Waals surface area contributed by atoms with Gasteiger partial charge in [0.2, 0.25) is 0 Å². The van der Waals surface area contributed by atoms with Crippen LogP contribution in [0.15, 0.2) is 66.0 Å². The van der Waals surface area contributed by atoms with Crippen LogP contribution < -0.4 is 14.8 Å². The summed E-state index contributed by atoms with van der Waals surface area (Å²) in [4.78, 5) is 25.5. The summed E-state index contributed by atoms with van der Waals surface area (Å²) in [6, 6.07) is 19.0. The Labute approximate surface area is 219 Å². The molecule has 192 valence electrons. The van der Waals surface area contributed by atoms with E-state index in [0.717, 1.165) is 34.4 Å². The summed E-state index contributed by atoms with van der Waals surface area (Å²) in [6.07, 6.45) is 0.772. The molecular formula is C28H29N3O5S. The van der Waals surface area contributed by atoms with Gasteiger partial charge in [-0.1, -0.05) is 18.2 Å². The number of amides is 2. The van der Waals surface area contributed by atoms with Crippen molar-refractivity contribution in [2.75, 3.05) is 25.0 Å². The van der Waals surface area contributed by atoms with Crippen LogP contribution in [0.1, 0.15) is 28.9 Å². The molecule has 8 nitrogen and oxygen atoms in total. The molecule has 4 aromatic rings. The van der Waals surface area contributed by atoms with Crippen LogP contribution in [-0.4, -0.2) is 46.3 Å². The topological polar surface area (TPSA) is 93.0 Å². The normalized spacial score (nSPS) is 14.0. The molecule has 2 N–H and O–H groups in total. The lowest BCUT2D eigenvalue weighted by molar-refractivity contribution is 0.101. The number of hydrogen-bond donors (Lipinski definition) is 2. The molecular weight excluding hydrogens is 490 g/mol. The smallest absolute Gasteiger partial charge is 0.407 e. The minimum absolute atomic E-state index is 0.159. The number of aromatic nitrogens is 1. The number of nitrogens with one attached hydrogen (secondary N) is 1. The van der Waals surface area contributed by atoms with Gasteiger partial charge in [-0.15, -0.1) is 11.3 Å². The SMILES string of the molecule is Cn1c(C(=O)Nc2ccccc2COc2ccc(OCC3CCN(C(=O)O)CC3)cc2)cc2sccc21. The molecule has 1 fully saturated rings. The van der Waals surface area contributed by atoms with Crippen molar-refractivity contribution in [3.8, 4) is 11.5 Å². The summed E-state index contributed by atoms with van der Waals surface area (Å²) in [6.45, 7) is 1.99. The molecule has 3 heterocycles. The molecule has 0 spiro atoms. The Morgan fingerprint density at radius 2 is 1.73 bits per heavy atom. The Bertz CT molecular complexity index is 1390. The third-order valence-electron chi connectivity index (χ3n) is 6.75. The molecule has 0 bridgehead atoms. The largest absolute Gasteiger partial charge is 0.493 e. The van der Waals surface area contributed by atoms with Crippen LogP contribution in [0.2, 0.25) is 0 Å². The molecule has 9 heteroatoms. The number of aryl methyl sites for hydroxylation is 1. The van der Waals surface area contributed by atoms with Gasteiger partial charge in [0.05, 0.1) is 16.8 Å². The van der Waals surface area contributed by atoms with Crippen LogP contribution in [-0.2, 0) is 13.7 Å². The number of nitrogens with zero attached hydrogens (tertiary/aromatic N) is 2. The van der Waals surface area contributed by atoms with Crippen LogP contribution in [0.3, 0.4) is 0 Å². The highest BCUT2D eigenvalue weighted by atomic mass is 32.1. The lowest BCUT2D eigenvalue weighted by Gasteiger charge is -2.29. The molecule has 0 atom stereocenters. The molecule has 5 rings (SSSR count). The van der Waals surface area contributed by atoms with E-state index in [0.29, 0.717) is 49.4 Å². The van der Waals surface area contributed by atoms with E-state index in [4.69, 9.17) is 14.6 Å². The summed E-state index contributed by atoms with van der Waals surface area (Å²) in [7, 11) is 1.90. The van der Waals surface area contributed by atoms with Crippen molar-refractivity contribution in [2.24, 2.45) is 13.0 Å². The molecule has 0 saturated carbocycles. The number of carbonyl (C=O) groups is 2. The fraction of sp³-hybridized carbons (Fsp3) is 0.286. The van der Waals surface area contributed by atoms with Gasteiger partial charge in [0.15, 0.2) is 0 Å². The second-order valence-electron chi connectivity index (χ2n) is 9.15. The standard InChI is InChI=1S/C28H29N3O5S/c1-30-24-12-15-37-26(24)16-25(30)27(32)29-23-5-3-2-4-20(23)18-36-22-8-6-21(7-9-22)35-17-19-10-13-31(14-11-19)28(33)34/h2-9,12,15-16,19H,10-11,13-14,17-18H2,1H3,(H,29,32)(H,33,34). The van der Waals surface area contributed by atoms with Crippen molar-refractivity contribution in [3.63, 3.8) is 0 Å². The number of thiophene rings is 1. The van der Waals surface area contributed by atoms with Crippen molar-refractivity contribution in [1.29, 1.82) is 0 Å². The zero-order valence-corrected chi connectivity index (χ0v) is 21.4. The second kappa shape index (κ2) is 11.0. The third kappa shape index (κ3) is 5.72. The summed E-state index contributed by atoms with van der Waals surface area (Å²) >= 11 is 1.62. The Hall–Kier alpha value is -3.98. The van der Waals surface area contributed by atoms with Gasteiger partial charge >= 0.3 is 6.09 Å². The first kappa shape index (κ1) is 24.7. The van der Waals surface area contributed by atoms with Crippen molar-refractivity contribution < 1.29 is 24.2 Å². The van der Waals surface area contributed by atoms with Gasteiger partial charge in [0.25, 0.3) is 5.91 Å². The van der Waals surface area contributed by atoms with Crippen LogP contribution in [0.25, 0.3) is 10.2 Å². The average molecular weight is 520 g/mol. The number of ether oxygens (including phenoxy) is 2. The van der Waals surface area contributed by atoms with E-state index < -0.39 is 6.09 Å². The van der Waals surface area contributed by atoms with Crippen LogP contribution in [0.5, 0.6) is 11.5 Å². The summed E-state index contributed by atoms with van der Waals surface area (Å²) < 4.78 is 14.9. The van der Waals surface area contributed by atoms with E-state index >= 15 is 0 Å². The van der Waals surface area contributed by atoms with E-state index in [9.17, 15) is 9.59 Å². The zero-order valence-electron chi connectivity index (χ0n) is 20.6. The fourth-order valence-corrected chi connectivity index (χ4v) is 5.37. The van der Waals surface area contributed by atoms with Gasteiger partial charge in [-0.2, -0.15) is 0 Å². The first-order valence-corrected chi connectivity index (χ1v) is 13.1. The van der Waals surface area contributed by atoms with E-state index in [-0.39, 0.29) is 5.91 Å². The van der Waals surface area contributed by atoms with Gasteiger partial charge in [-0.3, -0.25) is 4.79 Å².